The first kappa shape index (κ1) is 15.1. The topological polar surface area (TPSA) is 85.7 Å². The Morgan fingerprint density at radius 3 is 2.72 bits per heavy atom. The molecule has 6 nitrogen and oxygen atoms in total. The molecule has 0 bridgehead atoms. The maximum atomic E-state index is 12.7. The second-order valence-electron chi connectivity index (χ2n) is 5.14. The number of hydrogen-bond acceptors (Lipinski definition) is 5. The molecule has 0 aliphatic carbocycles. The molecule has 0 fully saturated rings. The van der Waals surface area contributed by atoms with E-state index in [1.807, 2.05) is 0 Å². The van der Waals surface area contributed by atoms with Crippen LogP contribution >= 0.6 is 0 Å². The summed E-state index contributed by atoms with van der Waals surface area (Å²) in [5.74, 6) is -1.33. The number of furan rings is 1. The van der Waals surface area contributed by atoms with E-state index < -0.39 is 12.6 Å². The van der Waals surface area contributed by atoms with Gasteiger partial charge in [0.25, 0.3) is 0 Å². The lowest BCUT2D eigenvalue weighted by molar-refractivity contribution is -0.0493. The number of oxazole rings is 1. The number of nitrogens with zero attached hydrogens (tertiary/aromatic N) is 1. The molecule has 126 valence electrons. The highest BCUT2D eigenvalue weighted by molar-refractivity contribution is 6.13. The van der Waals surface area contributed by atoms with Crippen molar-refractivity contribution in [3.05, 3.63) is 48.4 Å². The van der Waals surface area contributed by atoms with Crippen molar-refractivity contribution in [2.24, 2.45) is 0 Å². The summed E-state index contributed by atoms with van der Waals surface area (Å²) >= 11 is 0. The number of carboxylic acids is 1. The summed E-state index contributed by atoms with van der Waals surface area (Å²) in [5, 5.41) is 10.1. The lowest BCUT2D eigenvalue weighted by Crippen LogP contribution is -2.02. The Kier molecular flexibility index (Phi) is 3.38. The van der Waals surface area contributed by atoms with Gasteiger partial charge in [0.1, 0.15) is 11.8 Å². The predicted octanol–water partition coefficient (Wildman–Crippen LogP) is 4.54. The summed E-state index contributed by atoms with van der Waals surface area (Å²) in [6.07, 6.45) is 1.01. The van der Waals surface area contributed by atoms with Crippen LogP contribution in [0.4, 0.5) is 8.78 Å². The summed E-state index contributed by atoms with van der Waals surface area (Å²) in [4.78, 5) is 14.9. The molecule has 0 aliphatic heterocycles. The highest BCUT2D eigenvalue weighted by atomic mass is 19.3. The average Bonchev–Trinajstić information content (AvgIpc) is 3.20. The summed E-state index contributed by atoms with van der Waals surface area (Å²) < 4.78 is 40.7. The monoisotopic (exact) mass is 345 g/mol. The number of hydrogen-bond donors (Lipinski definition) is 1. The van der Waals surface area contributed by atoms with E-state index in [9.17, 15) is 13.6 Å². The van der Waals surface area contributed by atoms with Crippen LogP contribution in [-0.4, -0.2) is 22.7 Å². The highest BCUT2D eigenvalue weighted by Gasteiger charge is 2.21. The molecule has 2 aromatic heterocycles. The van der Waals surface area contributed by atoms with Crippen molar-refractivity contribution in [2.45, 2.75) is 6.61 Å². The zero-order valence-corrected chi connectivity index (χ0v) is 12.4. The van der Waals surface area contributed by atoms with E-state index >= 15 is 0 Å². The van der Waals surface area contributed by atoms with Gasteiger partial charge in [-0.1, -0.05) is 18.2 Å². The molecule has 4 rings (SSSR count). The molecular weight excluding hydrogens is 336 g/mol. The number of benzene rings is 2. The number of carbonyl (C=O) groups is 1. The fourth-order valence-corrected chi connectivity index (χ4v) is 2.67. The van der Waals surface area contributed by atoms with Crippen molar-refractivity contribution < 1.29 is 32.3 Å². The molecule has 0 aliphatic rings. The quantitative estimate of drug-likeness (QED) is 0.584. The van der Waals surface area contributed by atoms with Gasteiger partial charge in [0, 0.05) is 16.3 Å². The first-order chi connectivity index (χ1) is 12.0. The molecule has 1 N–H and O–H groups in total. The van der Waals surface area contributed by atoms with Crippen molar-refractivity contribution in [2.75, 3.05) is 0 Å². The van der Waals surface area contributed by atoms with E-state index in [-0.39, 0.29) is 22.9 Å². The van der Waals surface area contributed by atoms with E-state index in [0.717, 1.165) is 6.26 Å². The van der Waals surface area contributed by atoms with Gasteiger partial charge in [0.2, 0.25) is 5.89 Å². The Hall–Kier alpha value is -3.42. The Labute approximate surface area is 138 Å². The number of fused-ring (bicyclic) bond motifs is 3. The zero-order chi connectivity index (χ0) is 17.6. The van der Waals surface area contributed by atoms with E-state index in [2.05, 4.69) is 9.72 Å². The number of ether oxygens (including phenoxy) is 1. The largest absolute Gasteiger partial charge is 0.476 e. The third-order valence-corrected chi connectivity index (χ3v) is 3.66. The number of halogens is 2. The Balaban J connectivity index is 2.02. The molecule has 0 atom stereocenters. The minimum atomic E-state index is -3.01. The molecule has 0 unspecified atom stereocenters. The summed E-state index contributed by atoms with van der Waals surface area (Å²) in [6, 6.07) is 9.71. The highest BCUT2D eigenvalue weighted by Crippen LogP contribution is 2.41. The van der Waals surface area contributed by atoms with Crippen LogP contribution in [0, 0.1) is 0 Å². The number of para-hydroxylation sites is 1. The Morgan fingerprint density at radius 2 is 2.00 bits per heavy atom. The minimum Gasteiger partial charge on any atom is -0.476 e. The predicted molar refractivity (Wildman–Crippen MR) is 82.8 cm³/mol. The average molecular weight is 345 g/mol. The fourth-order valence-electron chi connectivity index (χ4n) is 2.67. The normalized spacial score (nSPS) is 11.5. The van der Waals surface area contributed by atoms with Crippen molar-refractivity contribution in [1.82, 2.24) is 4.98 Å². The third-order valence-electron chi connectivity index (χ3n) is 3.66. The van der Waals surface area contributed by atoms with Crippen molar-refractivity contribution >= 4 is 27.9 Å². The second-order valence-corrected chi connectivity index (χ2v) is 5.14. The van der Waals surface area contributed by atoms with Crippen molar-refractivity contribution in [3.8, 4) is 17.2 Å². The zero-order valence-electron chi connectivity index (χ0n) is 12.4. The van der Waals surface area contributed by atoms with Crippen LogP contribution in [0.1, 0.15) is 10.5 Å². The molecule has 2 aromatic carbocycles. The molecule has 0 radical (unpaired) electrons. The van der Waals surface area contributed by atoms with E-state index in [1.165, 1.54) is 12.1 Å². The van der Waals surface area contributed by atoms with E-state index in [0.29, 0.717) is 21.9 Å². The lowest BCUT2D eigenvalue weighted by Gasteiger charge is -2.06. The summed E-state index contributed by atoms with van der Waals surface area (Å²) in [6.45, 7) is -3.01. The first-order valence-electron chi connectivity index (χ1n) is 7.13. The van der Waals surface area contributed by atoms with Gasteiger partial charge >= 0.3 is 12.6 Å². The number of aromatic carboxylic acids is 1. The van der Waals surface area contributed by atoms with Crippen LogP contribution in [-0.2, 0) is 0 Å². The SMILES string of the molecule is O=C(O)c1coc(-c2ccc(OC(F)F)c3oc4ccccc4c23)n1. The molecule has 0 spiro atoms. The number of carboxylic acid groups (broad SMARTS) is 1. The van der Waals surface area contributed by atoms with Crippen molar-refractivity contribution in [1.29, 1.82) is 0 Å². The maximum absolute atomic E-state index is 12.7. The van der Waals surface area contributed by atoms with Gasteiger partial charge in [-0.05, 0) is 18.2 Å². The van der Waals surface area contributed by atoms with Crippen LogP contribution in [0.2, 0.25) is 0 Å². The van der Waals surface area contributed by atoms with E-state index in [4.69, 9.17) is 13.9 Å². The second kappa shape index (κ2) is 5.59. The van der Waals surface area contributed by atoms with Gasteiger partial charge in [0.05, 0.1) is 0 Å². The Morgan fingerprint density at radius 1 is 1.20 bits per heavy atom. The molecule has 25 heavy (non-hydrogen) atoms. The van der Waals surface area contributed by atoms with Crippen LogP contribution in [0.5, 0.6) is 5.75 Å². The maximum Gasteiger partial charge on any atom is 0.387 e. The molecular formula is C17H9F2NO5. The van der Waals surface area contributed by atoms with Crippen LogP contribution in [0.25, 0.3) is 33.4 Å². The third kappa shape index (κ3) is 2.47. The van der Waals surface area contributed by atoms with Crippen LogP contribution < -0.4 is 4.74 Å². The van der Waals surface area contributed by atoms with Crippen molar-refractivity contribution in [3.63, 3.8) is 0 Å². The van der Waals surface area contributed by atoms with Gasteiger partial charge in [-0.2, -0.15) is 8.78 Å². The smallest absolute Gasteiger partial charge is 0.387 e. The number of rotatable bonds is 4. The molecule has 8 heteroatoms. The molecule has 2 heterocycles. The molecule has 0 saturated carbocycles. The van der Waals surface area contributed by atoms with Crippen LogP contribution in [0.15, 0.2) is 51.5 Å². The summed E-state index contributed by atoms with van der Waals surface area (Å²) in [5.41, 5.74) is 0.723. The minimum absolute atomic E-state index is 0.0394. The number of aromatic nitrogens is 1. The van der Waals surface area contributed by atoms with Gasteiger partial charge in [-0.15, -0.1) is 0 Å². The Bertz CT molecular complexity index is 1100. The summed E-state index contributed by atoms with van der Waals surface area (Å²) in [7, 11) is 0. The van der Waals surface area contributed by atoms with E-state index in [1.54, 1.807) is 24.3 Å². The van der Waals surface area contributed by atoms with Gasteiger partial charge < -0.3 is 18.7 Å². The standard InChI is InChI=1S/C17H9F2NO5/c18-17(19)25-12-6-5-9(15-20-10(7-23-15)16(21)22)13-8-3-1-2-4-11(8)24-14(12)13/h1-7,17H,(H,21,22). The van der Waals surface area contributed by atoms with Gasteiger partial charge in [-0.3, -0.25) is 0 Å². The number of alkyl halides is 2. The molecule has 4 aromatic rings. The van der Waals surface area contributed by atoms with Crippen LogP contribution in [0.3, 0.4) is 0 Å². The fraction of sp³-hybridized carbons (Fsp3) is 0.0588. The lowest BCUT2D eigenvalue weighted by atomic mass is 10.1. The molecule has 0 amide bonds. The first-order valence-corrected chi connectivity index (χ1v) is 7.13. The molecule has 0 saturated heterocycles. The van der Waals surface area contributed by atoms with Gasteiger partial charge in [-0.25, -0.2) is 9.78 Å². The van der Waals surface area contributed by atoms with Gasteiger partial charge in [0.15, 0.2) is 17.0 Å².